The molecule has 0 aromatic heterocycles. The molecule has 0 heterocycles. The van der Waals surface area contributed by atoms with Gasteiger partial charge in [0.2, 0.25) is 0 Å². The highest BCUT2D eigenvalue weighted by Crippen LogP contribution is 2.31. The van der Waals surface area contributed by atoms with E-state index in [4.69, 9.17) is 4.55 Å². The molecule has 1 aromatic rings. The lowest BCUT2D eigenvalue weighted by atomic mass is 10.0. The first-order chi connectivity index (χ1) is 9.20. The van der Waals surface area contributed by atoms with Gasteiger partial charge in [-0.3, -0.25) is 0 Å². The Morgan fingerprint density at radius 2 is 2.00 bits per heavy atom. The zero-order valence-corrected chi connectivity index (χ0v) is 11.5. The van der Waals surface area contributed by atoms with Crippen molar-refractivity contribution < 1.29 is 26.3 Å². The normalized spacial score (nSPS) is 15.1. The Morgan fingerprint density at radius 3 is 2.55 bits per heavy atom. The third-order valence-electron chi connectivity index (χ3n) is 2.69. The molecule has 114 valence electrons. The number of nitrogens with one attached hydrogen (secondary N) is 1. The van der Waals surface area contributed by atoms with Gasteiger partial charge in [0.15, 0.2) is 11.1 Å². The zero-order chi connectivity index (χ0) is 15.3. The van der Waals surface area contributed by atoms with Gasteiger partial charge in [-0.1, -0.05) is 0 Å². The molecule has 0 radical (unpaired) electrons. The Kier molecular flexibility index (Phi) is 6.09. The van der Waals surface area contributed by atoms with E-state index in [0.29, 0.717) is 19.0 Å². The topological polar surface area (TPSA) is 49.3 Å². The summed E-state index contributed by atoms with van der Waals surface area (Å²) in [4.78, 5) is 0. The molecule has 0 spiro atoms. The van der Waals surface area contributed by atoms with Gasteiger partial charge in [0.1, 0.15) is 5.82 Å². The maximum atomic E-state index is 13.2. The van der Waals surface area contributed by atoms with Crippen molar-refractivity contribution in [1.29, 1.82) is 0 Å². The number of rotatable bonds is 6. The van der Waals surface area contributed by atoms with Gasteiger partial charge in [-0.25, -0.2) is 8.60 Å². The average molecular weight is 313 g/mol. The predicted octanol–water partition coefficient (Wildman–Crippen LogP) is 3.11. The monoisotopic (exact) mass is 313 g/mol. The summed E-state index contributed by atoms with van der Waals surface area (Å²) >= 11 is -1.89. The van der Waals surface area contributed by atoms with E-state index in [9.17, 15) is 21.8 Å². The largest absolute Gasteiger partial charge is 0.416 e. The Labute approximate surface area is 116 Å². The second-order valence-electron chi connectivity index (χ2n) is 4.33. The highest BCUT2D eigenvalue weighted by molar-refractivity contribution is 7.79. The van der Waals surface area contributed by atoms with Gasteiger partial charge in [-0.15, -0.1) is 0 Å². The van der Waals surface area contributed by atoms with E-state index in [1.165, 1.54) is 0 Å². The molecule has 2 N–H and O–H groups in total. The number of alkyl halides is 3. The minimum atomic E-state index is -4.59. The molecule has 2 unspecified atom stereocenters. The van der Waals surface area contributed by atoms with E-state index in [0.717, 1.165) is 12.1 Å². The average Bonchev–Trinajstić information content (AvgIpc) is 2.32. The second kappa shape index (κ2) is 7.14. The Hall–Kier alpha value is -0.990. The van der Waals surface area contributed by atoms with Crippen LogP contribution in [0.15, 0.2) is 18.2 Å². The fourth-order valence-corrected chi connectivity index (χ4v) is 2.05. The molecule has 0 aliphatic rings. The number of halogens is 4. The van der Waals surface area contributed by atoms with Gasteiger partial charge in [-0.05, 0) is 43.7 Å². The molecule has 0 saturated carbocycles. The minimum Gasteiger partial charge on any atom is -0.310 e. The van der Waals surface area contributed by atoms with Gasteiger partial charge in [0, 0.05) is 6.04 Å². The fourth-order valence-electron chi connectivity index (χ4n) is 1.66. The van der Waals surface area contributed by atoms with Crippen molar-refractivity contribution in [3.63, 3.8) is 0 Å². The van der Waals surface area contributed by atoms with Crippen molar-refractivity contribution in [1.82, 2.24) is 5.32 Å². The van der Waals surface area contributed by atoms with E-state index >= 15 is 0 Å². The van der Waals surface area contributed by atoms with E-state index in [-0.39, 0.29) is 11.3 Å². The predicted molar refractivity (Wildman–Crippen MR) is 68.1 cm³/mol. The van der Waals surface area contributed by atoms with Crippen LogP contribution in [0.2, 0.25) is 0 Å². The van der Waals surface area contributed by atoms with Crippen molar-refractivity contribution in [2.45, 2.75) is 25.6 Å². The molecule has 8 heteroatoms. The summed E-state index contributed by atoms with van der Waals surface area (Å²) in [6.45, 7) is 1.95. The molecule has 0 saturated heterocycles. The van der Waals surface area contributed by atoms with E-state index < -0.39 is 34.7 Å². The zero-order valence-electron chi connectivity index (χ0n) is 10.7. The van der Waals surface area contributed by atoms with Crippen molar-refractivity contribution in [3.05, 3.63) is 35.1 Å². The van der Waals surface area contributed by atoms with Crippen LogP contribution < -0.4 is 5.32 Å². The second-order valence-corrected chi connectivity index (χ2v) is 5.38. The third kappa shape index (κ3) is 5.56. The summed E-state index contributed by atoms with van der Waals surface area (Å²) in [7, 11) is 0. The number of hydrogen-bond acceptors (Lipinski definition) is 2. The van der Waals surface area contributed by atoms with Gasteiger partial charge < -0.3 is 9.87 Å². The number of benzene rings is 1. The lowest BCUT2D eigenvalue weighted by Crippen LogP contribution is -2.22. The first-order valence-electron chi connectivity index (χ1n) is 5.88. The summed E-state index contributed by atoms with van der Waals surface area (Å²) in [6, 6.07) is 1.90. The van der Waals surface area contributed by atoms with Crippen LogP contribution in [0.4, 0.5) is 17.6 Å². The lowest BCUT2D eigenvalue weighted by Gasteiger charge is -2.16. The SMILES string of the molecule is CC(NCCCS(=O)O)c1cc(F)cc(C(F)(F)F)c1. The summed E-state index contributed by atoms with van der Waals surface area (Å²) in [6.07, 6.45) is -4.20. The van der Waals surface area contributed by atoms with E-state index in [2.05, 4.69) is 5.32 Å². The summed E-state index contributed by atoms with van der Waals surface area (Å²) in [5.41, 5.74) is -0.847. The van der Waals surface area contributed by atoms with E-state index in [1.54, 1.807) is 6.92 Å². The van der Waals surface area contributed by atoms with Crippen molar-refractivity contribution in [2.75, 3.05) is 12.3 Å². The van der Waals surface area contributed by atoms with Crippen molar-refractivity contribution >= 4 is 11.1 Å². The molecule has 1 aromatic carbocycles. The van der Waals surface area contributed by atoms with Crippen molar-refractivity contribution in [2.24, 2.45) is 0 Å². The maximum absolute atomic E-state index is 13.2. The molecule has 0 bridgehead atoms. The highest BCUT2D eigenvalue weighted by Gasteiger charge is 2.31. The molecule has 2 atom stereocenters. The van der Waals surface area contributed by atoms with Crippen LogP contribution in [0, 0.1) is 5.82 Å². The van der Waals surface area contributed by atoms with Crippen LogP contribution in [-0.2, 0) is 17.3 Å². The van der Waals surface area contributed by atoms with Crippen LogP contribution >= 0.6 is 0 Å². The minimum absolute atomic E-state index is 0.0800. The first kappa shape index (κ1) is 17.1. The smallest absolute Gasteiger partial charge is 0.310 e. The molecule has 1 rings (SSSR count). The Morgan fingerprint density at radius 1 is 1.35 bits per heavy atom. The van der Waals surface area contributed by atoms with Crippen LogP contribution in [0.25, 0.3) is 0 Å². The Bertz CT molecular complexity index is 479. The molecule has 3 nitrogen and oxygen atoms in total. The van der Waals surface area contributed by atoms with Crippen LogP contribution in [-0.4, -0.2) is 21.1 Å². The molecular weight excluding hydrogens is 298 g/mol. The quantitative estimate of drug-likeness (QED) is 0.482. The van der Waals surface area contributed by atoms with Gasteiger partial charge in [0.25, 0.3) is 0 Å². The summed E-state index contributed by atoms with van der Waals surface area (Å²) in [5.74, 6) is -0.864. The molecule has 0 fully saturated rings. The number of hydrogen-bond donors (Lipinski definition) is 2. The molecule has 0 aliphatic carbocycles. The van der Waals surface area contributed by atoms with Gasteiger partial charge in [-0.2, -0.15) is 13.2 Å². The third-order valence-corrected chi connectivity index (χ3v) is 3.33. The van der Waals surface area contributed by atoms with E-state index in [1.807, 2.05) is 0 Å². The Balaban J connectivity index is 2.70. The van der Waals surface area contributed by atoms with Crippen molar-refractivity contribution in [3.8, 4) is 0 Å². The van der Waals surface area contributed by atoms with Crippen LogP contribution in [0.5, 0.6) is 0 Å². The summed E-state index contributed by atoms with van der Waals surface area (Å²) < 4.78 is 69.9. The standard InChI is InChI=1S/C12H15F4NO2S/c1-8(17-3-2-4-20(18)19)9-5-10(12(14,15)16)7-11(13)6-9/h5-8,17H,2-4H2,1H3,(H,18,19). The summed E-state index contributed by atoms with van der Waals surface area (Å²) in [5, 5.41) is 2.88. The first-order valence-corrected chi connectivity index (χ1v) is 7.16. The van der Waals surface area contributed by atoms with Gasteiger partial charge in [0.05, 0.1) is 11.3 Å². The highest BCUT2D eigenvalue weighted by atomic mass is 32.2. The lowest BCUT2D eigenvalue weighted by molar-refractivity contribution is -0.137. The van der Waals surface area contributed by atoms with Crippen LogP contribution in [0.1, 0.15) is 30.5 Å². The molecule has 0 aliphatic heterocycles. The maximum Gasteiger partial charge on any atom is 0.416 e. The molecule has 20 heavy (non-hydrogen) atoms. The van der Waals surface area contributed by atoms with Gasteiger partial charge >= 0.3 is 6.18 Å². The molecular formula is C12H15F4NO2S. The molecule has 0 amide bonds. The van der Waals surface area contributed by atoms with Crippen LogP contribution in [0.3, 0.4) is 0 Å². The fraction of sp³-hybridized carbons (Fsp3) is 0.500.